The largest absolute Gasteiger partial charge is 0.346 e. The Morgan fingerprint density at radius 3 is 3.06 bits per heavy atom. The number of aromatic nitrogens is 2. The quantitative estimate of drug-likeness (QED) is 0.801. The molecule has 0 atom stereocenters. The highest BCUT2D eigenvalue weighted by Gasteiger charge is 2.11. The minimum absolute atomic E-state index is 0.769. The maximum atomic E-state index is 5.35. The van der Waals surface area contributed by atoms with Crippen LogP contribution in [0.3, 0.4) is 0 Å². The van der Waals surface area contributed by atoms with Crippen LogP contribution in [0.5, 0.6) is 0 Å². The molecule has 0 fully saturated rings. The molecule has 0 bridgehead atoms. The smallest absolute Gasteiger partial charge is 0.133 e. The summed E-state index contributed by atoms with van der Waals surface area (Å²) >= 11 is 5.35. The van der Waals surface area contributed by atoms with Crippen LogP contribution in [-0.4, -0.2) is 9.97 Å². The van der Waals surface area contributed by atoms with E-state index in [-0.39, 0.29) is 0 Å². The van der Waals surface area contributed by atoms with Crippen molar-refractivity contribution < 1.29 is 0 Å². The molecule has 0 spiro atoms. The summed E-state index contributed by atoms with van der Waals surface area (Å²) in [6.07, 6.45) is 12.6. The van der Waals surface area contributed by atoms with Crippen molar-refractivity contribution in [2.75, 3.05) is 0 Å². The van der Waals surface area contributed by atoms with Crippen molar-refractivity contribution in [1.29, 1.82) is 0 Å². The summed E-state index contributed by atoms with van der Waals surface area (Å²) in [5, 5.41) is 0. The zero-order valence-electron chi connectivity index (χ0n) is 10.5. The van der Waals surface area contributed by atoms with Crippen LogP contribution >= 0.6 is 12.2 Å². The van der Waals surface area contributed by atoms with Gasteiger partial charge in [-0.15, -0.1) is 0 Å². The molecular formula is C14H20N2S. The van der Waals surface area contributed by atoms with E-state index in [0.717, 1.165) is 17.5 Å². The highest BCUT2D eigenvalue weighted by atomic mass is 32.1. The maximum Gasteiger partial charge on any atom is 0.133 e. The number of rotatable bonds is 3. The first-order chi connectivity index (χ1) is 8.33. The molecule has 0 saturated heterocycles. The molecule has 92 valence electrons. The molecule has 0 radical (unpaired) electrons. The van der Waals surface area contributed by atoms with E-state index >= 15 is 0 Å². The fourth-order valence-electron chi connectivity index (χ4n) is 2.44. The third-order valence-corrected chi connectivity index (χ3v) is 3.66. The van der Waals surface area contributed by atoms with E-state index in [4.69, 9.17) is 12.2 Å². The molecule has 2 rings (SSSR count). The number of aromatic amines is 1. The number of H-pyrrole nitrogens is 1. The molecule has 1 aromatic heterocycles. The van der Waals surface area contributed by atoms with Crippen molar-refractivity contribution in [2.24, 2.45) is 0 Å². The third-order valence-electron chi connectivity index (χ3n) is 3.31. The topological polar surface area (TPSA) is 28.7 Å². The number of hydrogen-bond acceptors (Lipinski definition) is 2. The zero-order valence-corrected chi connectivity index (χ0v) is 11.3. The number of nitrogens with zero attached hydrogens (tertiary/aromatic N) is 1. The lowest BCUT2D eigenvalue weighted by Crippen LogP contribution is -2.00. The van der Waals surface area contributed by atoms with Gasteiger partial charge in [-0.3, -0.25) is 0 Å². The lowest BCUT2D eigenvalue weighted by Gasteiger charge is -2.11. The van der Waals surface area contributed by atoms with Crippen molar-refractivity contribution in [3.8, 4) is 0 Å². The Morgan fingerprint density at radius 1 is 1.35 bits per heavy atom. The summed E-state index contributed by atoms with van der Waals surface area (Å²) in [4.78, 5) is 7.52. The van der Waals surface area contributed by atoms with Crippen LogP contribution in [0.1, 0.15) is 56.7 Å². The van der Waals surface area contributed by atoms with E-state index in [1.54, 1.807) is 6.33 Å². The molecule has 1 heterocycles. The molecule has 0 saturated carbocycles. The second-order valence-corrected chi connectivity index (χ2v) is 5.03. The molecule has 0 amide bonds. The van der Waals surface area contributed by atoms with E-state index < -0.39 is 0 Å². The van der Waals surface area contributed by atoms with Gasteiger partial charge in [-0.1, -0.05) is 38.1 Å². The monoisotopic (exact) mass is 248 g/mol. The summed E-state index contributed by atoms with van der Waals surface area (Å²) in [5.41, 5.74) is 3.92. The van der Waals surface area contributed by atoms with Gasteiger partial charge >= 0.3 is 0 Å². The Hall–Kier alpha value is -0.960. The van der Waals surface area contributed by atoms with Crippen LogP contribution in [0.25, 0.3) is 5.57 Å². The molecule has 2 nitrogen and oxygen atoms in total. The predicted octanol–water partition coefficient (Wildman–Crippen LogP) is 4.44. The van der Waals surface area contributed by atoms with Gasteiger partial charge in [-0.2, -0.15) is 0 Å². The summed E-state index contributed by atoms with van der Waals surface area (Å²) in [6.45, 7) is 2.19. The first-order valence-corrected chi connectivity index (χ1v) is 6.99. The van der Waals surface area contributed by atoms with Crippen molar-refractivity contribution in [2.45, 2.75) is 51.9 Å². The van der Waals surface area contributed by atoms with Gasteiger partial charge in [0.2, 0.25) is 0 Å². The second-order valence-electron chi connectivity index (χ2n) is 4.64. The van der Waals surface area contributed by atoms with Crippen molar-refractivity contribution in [3.63, 3.8) is 0 Å². The van der Waals surface area contributed by atoms with Crippen LogP contribution in [0.15, 0.2) is 12.4 Å². The minimum atomic E-state index is 0.769. The molecule has 1 aromatic rings. The average Bonchev–Trinajstić information content (AvgIpc) is 2.60. The molecule has 3 heteroatoms. The fourth-order valence-corrected chi connectivity index (χ4v) is 2.69. The Morgan fingerprint density at radius 2 is 2.24 bits per heavy atom. The molecule has 17 heavy (non-hydrogen) atoms. The van der Waals surface area contributed by atoms with Crippen LogP contribution in [-0.2, 0) is 6.42 Å². The molecule has 0 aromatic carbocycles. The van der Waals surface area contributed by atoms with Crippen molar-refractivity contribution in [3.05, 3.63) is 28.3 Å². The lowest BCUT2D eigenvalue weighted by atomic mass is 10.0. The standard InChI is InChI=1S/C14H20N2S/c1-2-7-12-13(15-10-16-14(12)17)11-8-5-3-4-6-9-11/h8,10H,2-7,9H2,1H3,(H,15,16,17). The van der Waals surface area contributed by atoms with Crippen LogP contribution in [0.4, 0.5) is 0 Å². The Labute approximate surface area is 108 Å². The highest BCUT2D eigenvalue weighted by Crippen LogP contribution is 2.27. The summed E-state index contributed by atoms with van der Waals surface area (Å²) in [5.74, 6) is 0. The fraction of sp³-hybridized carbons (Fsp3) is 0.571. The second kappa shape index (κ2) is 6.10. The van der Waals surface area contributed by atoms with Gasteiger partial charge in [0, 0.05) is 11.3 Å². The summed E-state index contributed by atoms with van der Waals surface area (Å²) in [6, 6.07) is 0. The molecule has 1 aliphatic carbocycles. The van der Waals surface area contributed by atoms with E-state index in [9.17, 15) is 0 Å². The number of allylic oxidation sites excluding steroid dienone is 2. The van der Waals surface area contributed by atoms with Crippen molar-refractivity contribution >= 4 is 17.8 Å². The van der Waals surface area contributed by atoms with E-state index in [1.165, 1.54) is 48.9 Å². The lowest BCUT2D eigenvalue weighted by molar-refractivity contribution is 0.719. The molecular weight excluding hydrogens is 228 g/mol. The normalized spacial score (nSPS) is 16.4. The number of hydrogen-bond donors (Lipinski definition) is 1. The number of nitrogens with one attached hydrogen (secondary N) is 1. The van der Waals surface area contributed by atoms with Crippen LogP contribution in [0, 0.1) is 4.64 Å². The van der Waals surface area contributed by atoms with Gasteiger partial charge in [0.05, 0.1) is 6.33 Å². The Kier molecular flexibility index (Phi) is 4.49. The van der Waals surface area contributed by atoms with Crippen molar-refractivity contribution in [1.82, 2.24) is 9.97 Å². The maximum absolute atomic E-state index is 5.35. The van der Waals surface area contributed by atoms with E-state index in [1.807, 2.05) is 0 Å². The SMILES string of the molecule is CCCc1c(C2=CCCCCC2)[nH]cnc1=S. The third kappa shape index (κ3) is 3.03. The van der Waals surface area contributed by atoms with Gasteiger partial charge in [0.1, 0.15) is 4.64 Å². The predicted molar refractivity (Wildman–Crippen MR) is 74.5 cm³/mol. The van der Waals surface area contributed by atoms with Gasteiger partial charge < -0.3 is 4.98 Å². The van der Waals surface area contributed by atoms with E-state index in [0.29, 0.717) is 0 Å². The molecule has 0 unspecified atom stereocenters. The summed E-state index contributed by atoms with van der Waals surface area (Å²) in [7, 11) is 0. The van der Waals surface area contributed by atoms with Gasteiger partial charge in [0.25, 0.3) is 0 Å². The average molecular weight is 248 g/mol. The first kappa shape index (κ1) is 12.5. The summed E-state index contributed by atoms with van der Waals surface area (Å²) < 4.78 is 0.769. The Balaban J connectivity index is 2.39. The van der Waals surface area contributed by atoms with Gasteiger partial charge in [-0.25, -0.2) is 4.98 Å². The Bertz CT molecular complexity index is 460. The molecule has 1 N–H and O–H groups in total. The van der Waals surface area contributed by atoms with E-state index in [2.05, 4.69) is 23.0 Å². The van der Waals surface area contributed by atoms with Crippen LogP contribution < -0.4 is 0 Å². The zero-order chi connectivity index (χ0) is 12.1. The first-order valence-electron chi connectivity index (χ1n) is 6.59. The van der Waals surface area contributed by atoms with Gasteiger partial charge in [0.15, 0.2) is 0 Å². The van der Waals surface area contributed by atoms with Crippen LogP contribution in [0.2, 0.25) is 0 Å². The minimum Gasteiger partial charge on any atom is -0.346 e. The van der Waals surface area contributed by atoms with Gasteiger partial charge in [-0.05, 0) is 37.7 Å². The molecule has 1 aliphatic rings. The highest BCUT2D eigenvalue weighted by molar-refractivity contribution is 7.71. The molecule has 0 aliphatic heterocycles.